The molecule has 3 nitrogen and oxygen atoms in total. The fraction of sp³-hybridized carbons (Fsp3) is 0.381. The summed E-state index contributed by atoms with van der Waals surface area (Å²) < 4.78 is 0. The number of carbonyl (C=O) groups is 1. The van der Waals surface area contributed by atoms with Crippen LogP contribution in [0.5, 0.6) is 0 Å². The van der Waals surface area contributed by atoms with Crippen LogP contribution in [0.25, 0.3) is 11.1 Å². The fourth-order valence-electron chi connectivity index (χ4n) is 3.55. The Morgan fingerprint density at radius 3 is 2.54 bits per heavy atom. The second-order valence-electron chi connectivity index (χ2n) is 6.66. The molecule has 126 valence electrons. The van der Waals surface area contributed by atoms with Crippen LogP contribution in [0.3, 0.4) is 0 Å². The van der Waals surface area contributed by atoms with Gasteiger partial charge in [-0.25, -0.2) is 0 Å². The van der Waals surface area contributed by atoms with Crippen molar-refractivity contribution >= 4 is 11.6 Å². The van der Waals surface area contributed by atoms with Gasteiger partial charge >= 0.3 is 0 Å². The molecule has 0 bridgehead atoms. The van der Waals surface area contributed by atoms with Gasteiger partial charge in [-0.15, -0.1) is 0 Å². The van der Waals surface area contributed by atoms with Crippen molar-refractivity contribution in [2.75, 3.05) is 11.9 Å². The number of nitrogens with one attached hydrogen (secondary N) is 1. The van der Waals surface area contributed by atoms with Crippen LogP contribution >= 0.6 is 0 Å². The number of para-hydroxylation sites is 1. The lowest BCUT2D eigenvalue weighted by Gasteiger charge is -2.37. The van der Waals surface area contributed by atoms with Gasteiger partial charge in [-0.3, -0.25) is 9.69 Å². The third kappa shape index (κ3) is 3.68. The van der Waals surface area contributed by atoms with Crippen molar-refractivity contribution in [3.05, 3.63) is 54.6 Å². The molecule has 0 aromatic heterocycles. The fourth-order valence-corrected chi connectivity index (χ4v) is 3.55. The molecule has 1 amide bonds. The average molecular weight is 322 g/mol. The Morgan fingerprint density at radius 1 is 1.08 bits per heavy atom. The van der Waals surface area contributed by atoms with Crippen LogP contribution in [0.2, 0.25) is 0 Å². The monoisotopic (exact) mass is 322 g/mol. The zero-order chi connectivity index (χ0) is 16.9. The molecule has 1 fully saturated rings. The summed E-state index contributed by atoms with van der Waals surface area (Å²) in [5.74, 6) is 0.0760. The third-order valence-corrected chi connectivity index (χ3v) is 5.00. The van der Waals surface area contributed by atoms with E-state index in [-0.39, 0.29) is 11.9 Å². The molecule has 2 aromatic carbocycles. The van der Waals surface area contributed by atoms with Gasteiger partial charge in [0.15, 0.2) is 0 Å². The minimum absolute atomic E-state index is 0.0760. The highest BCUT2D eigenvalue weighted by molar-refractivity contribution is 5.98. The number of amides is 1. The maximum absolute atomic E-state index is 12.8. The number of benzene rings is 2. The molecule has 24 heavy (non-hydrogen) atoms. The van der Waals surface area contributed by atoms with Gasteiger partial charge in [-0.05, 0) is 44.9 Å². The van der Waals surface area contributed by atoms with E-state index in [1.807, 2.05) is 43.3 Å². The lowest BCUT2D eigenvalue weighted by molar-refractivity contribution is -0.122. The molecule has 2 aromatic rings. The first-order valence-electron chi connectivity index (χ1n) is 8.88. The third-order valence-electron chi connectivity index (χ3n) is 5.00. The Kier molecular flexibility index (Phi) is 5.31. The highest BCUT2D eigenvalue weighted by Crippen LogP contribution is 2.28. The highest BCUT2D eigenvalue weighted by Gasteiger charge is 2.27. The van der Waals surface area contributed by atoms with Gasteiger partial charge in [0, 0.05) is 17.3 Å². The summed E-state index contributed by atoms with van der Waals surface area (Å²) in [7, 11) is 0. The Morgan fingerprint density at radius 2 is 1.79 bits per heavy atom. The largest absolute Gasteiger partial charge is 0.324 e. The lowest BCUT2D eigenvalue weighted by atomic mass is 10.0. The van der Waals surface area contributed by atoms with Crippen molar-refractivity contribution in [2.24, 2.45) is 0 Å². The van der Waals surface area contributed by atoms with Gasteiger partial charge < -0.3 is 5.32 Å². The SMILES string of the molecule is C[C@H]1CCCCN1[C@@H](C)C(=O)Nc1ccccc1-c1ccccc1. The van der Waals surface area contributed by atoms with Crippen LogP contribution in [-0.4, -0.2) is 29.4 Å². The predicted octanol–water partition coefficient (Wildman–Crippen LogP) is 4.56. The quantitative estimate of drug-likeness (QED) is 0.895. The summed E-state index contributed by atoms with van der Waals surface area (Å²) >= 11 is 0. The van der Waals surface area contributed by atoms with Crippen molar-refractivity contribution in [1.82, 2.24) is 4.90 Å². The Labute approximate surface area is 144 Å². The molecule has 1 aliphatic rings. The number of carbonyl (C=O) groups excluding carboxylic acids is 1. The summed E-state index contributed by atoms with van der Waals surface area (Å²) in [6.45, 7) is 5.25. The van der Waals surface area contributed by atoms with E-state index in [9.17, 15) is 4.79 Å². The van der Waals surface area contributed by atoms with Crippen LogP contribution in [0, 0.1) is 0 Å². The first-order chi connectivity index (χ1) is 11.7. The minimum Gasteiger partial charge on any atom is -0.324 e. The van der Waals surface area contributed by atoms with Crippen LogP contribution in [0.15, 0.2) is 54.6 Å². The molecule has 0 spiro atoms. The van der Waals surface area contributed by atoms with Crippen molar-refractivity contribution < 1.29 is 4.79 Å². The number of piperidine rings is 1. The first-order valence-corrected chi connectivity index (χ1v) is 8.88. The van der Waals surface area contributed by atoms with Crippen molar-refractivity contribution in [1.29, 1.82) is 0 Å². The normalized spacial score (nSPS) is 19.7. The Balaban J connectivity index is 1.77. The number of likely N-dealkylation sites (tertiary alicyclic amines) is 1. The minimum atomic E-state index is -0.107. The molecule has 3 rings (SSSR count). The molecule has 1 heterocycles. The predicted molar refractivity (Wildman–Crippen MR) is 100.0 cm³/mol. The zero-order valence-electron chi connectivity index (χ0n) is 14.5. The standard InChI is InChI=1S/C21H26N2O/c1-16-10-8-9-15-23(16)17(2)21(24)22-20-14-7-6-13-19(20)18-11-4-3-5-12-18/h3-7,11-14,16-17H,8-10,15H2,1-2H3,(H,22,24)/t16-,17-/m0/s1. The summed E-state index contributed by atoms with van der Waals surface area (Å²) in [6, 6.07) is 18.6. The van der Waals surface area contributed by atoms with Gasteiger partial charge in [0.05, 0.1) is 6.04 Å². The van der Waals surface area contributed by atoms with Crippen molar-refractivity contribution in [3.8, 4) is 11.1 Å². The Hall–Kier alpha value is -2.13. The van der Waals surface area contributed by atoms with Crippen molar-refractivity contribution in [3.63, 3.8) is 0 Å². The van der Waals surface area contributed by atoms with Crippen LogP contribution < -0.4 is 5.32 Å². The zero-order valence-corrected chi connectivity index (χ0v) is 14.5. The summed E-state index contributed by atoms with van der Waals surface area (Å²) in [4.78, 5) is 15.1. The van der Waals surface area contributed by atoms with Crippen molar-refractivity contribution in [2.45, 2.75) is 45.2 Å². The maximum atomic E-state index is 12.8. The maximum Gasteiger partial charge on any atom is 0.241 e. The van der Waals surface area contributed by atoms with E-state index >= 15 is 0 Å². The number of hydrogen-bond acceptors (Lipinski definition) is 2. The molecule has 2 atom stereocenters. The molecule has 1 aliphatic heterocycles. The lowest BCUT2D eigenvalue weighted by Crippen LogP contribution is -2.48. The molecule has 0 radical (unpaired) electrons. The smallest absolute Gasteiger partial charge is 0.241 e. The second kappa shape index (κ2) is 7.63. The van der Waals surface area contributed by atoms with Crippen LogP contribution in [0.4, 0.5) is 5.69 Å². The van der Waals surface area contributed by atoms with E-state index in [1.54, 1.807) is 0 Å². The molecule has 0 unspecified atom stereocenters. The van der Waals surface area contributed by atoms with Gasteiger partial charge in [-0.2, -0.15) is 0 Å². The van der Waals surface area contributed by atoms with Gasteiger partial charge in [-0.1, -0.05) is 55.0 Å². The molecule has 0 aliphatic carbocycles. The number of rotatable bonds is 4. The van der Waals surface area contributed by atoms with Gasteiger partial charge in [0.2, 0.25) is 5.91 Å². The molecule has 1 N–H and O–H groups in total. The summed E-state index contributed by atoms with van der Waals surface area (Å²) in [5, 5.41) is 3.15. The van der Waals surface area contributed by atoms with E-state index in [4.69, 9.17) is 0 Å². The molecule has 0 saturated carbocycles. The topological polar surface area (TPSA) is 32.3 Å². The molecular weight excluding hydrogens is 296 g/mol. The molecular formula is C21H26N2O. The van der Waals surface area contributed by atoms with Crippen LogP contribution in [0.1, 0.15) is 33.1 Å². The summed E-state index contributed by atoms with van der Waals surface area (Å²) in [5.41, 5.74) is 3.06. The van der Waals surface area contributed by atoms with E-state index in [2.05, 4.69) is 35.3 Å². The Bertz CT molecular complexity index is 683. The van der Waals surface area contributed by atoms with E-state index in [1.165, 1.54) is 19.3 Å². The van der Waals surface area contributed by atoms with E-state index in [0.717, 1.165) is 23.4 Å². The number of anilines is 1. The summed E-state index contributed by atoms with van der Waals surface area (Å²) in [6.07, 6.45) is 3.63. The molecule has 3 heteroatoms. The highest BCUT2D eigenvalue weighted by atomic mass is 16.2. The van der Waals surface area contributed by atoms with Gasteiger partial charge in [0.1, 0.15) is 0 Å². The first kappa shape index (κ1) is 16.7. The second-order valence-corrected chi connectivity index (χ2v) is 6.66. The van der Waals surface area contributed by atoms with Gasteiger partial charge in [0.25, 0.3) is 0 Å². The van der Waals surface area contributed by atoms with E-state index < -0.39 is 0 Å². The van der Waals surface area contributed by atoms with Crippen LogP contribution in [-0.2, 0) is 4.79 Å². The average Bonchev–Trinajstić information content (AvgIpc) is 2.63. The molecule has 1 saturated heterocycles. The van der Waals surface area contributed by atoms with E-state index in [0.29, 0.717) is 6.04 Å². The number of hydrogen-bond donors (Lipinski definition) is 1. The number of nitrogens with zero attached hydrogens (tertiary/aromatic N) is 1.